The van der Waals surface area contributed by atoms with E-state index in [4.69, 9.17) is 0 Å². The third-order valence-electron chi connectivity index (χ3n) is 3.48. The van der Waals surface area contributed by atoms with Crippen LogP contribution in [0.15, 0.2) is 12.1 Å². The molecule has 1 atom stereocenters. The number of hydrogen-bond donors (Lipinski definition) is 1. The molecule has 0 spiro atoms. The van der Waals surface area contributed by atoms with Gasteiger partial charge in [0, 0.05) is 18.2 Å². The van der Waals surface area contributed by atoms with Crippen LogP contribution < -0.4 is 5.32 Å². The van der Waals surface area contributed by atoms with Crippen LogP contribution in [0.4, 0.5) is 18.9 Å². The molecule has 17 heavy (non-hydrogen) atoms. The average Bonchev–Trinajstić information content (AvgIpc) is 2.78. The van der Waals surface area contributed by atoms with E-state index in [-0.39, 0.29) is 11.7 Å². The first-order valence-corrected chi connectivity index (χ1v) is 5.99. The molecular weight excluding hydrogens is 227 g/mol. The van der Waals surface area contributed by atoms with Gasteiger partial charge in [0.1, 0.15) is 5.82 Å². The van der Waals surface area contributed by atoms with Gasteiger partial charge < -0.3 is 5.32 Å². The summed E-state index contributed by atoms with van der Waals surface area (Å²) in [4.78, 5) is 0. The van der Waals surface area contributed by atoms with E-state index in [1.807, 2.05) is 6.92 Å². The smallest absolute Gasteiger partial charge is 0.182 e. The Kier molecular flexibility index (Phi) is 3.60. The summed E-state index contributed by atoms with van der Waals surface area (Å²) in [6, 6.07) is 1.60. The second kappa shape index (κ2) is 4.98. The fourth-order valence-electron chi connectivity index (χ4n) is 2.48. The molecule has 0 aliphatic heterocycles. The van der Waals surface area contributed by atoms with Crippen LogP contribution in [0.3, 0.4) is 0 Å². The van der Waals surface area contributed by atoms with Crippen molar-refractivity contribution in [2.24, 2.45) is 5.92 Å². The molecule has 4 heteroatoms. The van der Waals surface area contributed by atoms with Crippen LogP contribution in [-0.4, -0.2) is 6.04 Å². The summed E-state index contributed by atoms with van der Waals surface area (Å²) >= 11 is 0. The second-order valence-corrected chi connectivity index (χ2v) is 4.73. The summed E-state index contributed by atoms with van der Waals surface area (Å²) in [5, 5.41) is 2.88. The van der Waals surface area contributed by atoms with Gasteiger partial charge in [0.15, 0.2) is 11.6 Å². The predicted octanol–water partition coefficient (Wildman–Crippen LogP) is 4.09. The van der Waals surface area contributed by atoms with Crippen LogP contribution in [0, 0.1) is 23.4 Å². The van der Waals surface area contributed by atoms with Gasteiger partial charge in [-0.25, -0.2) is 13.2 Å². The molecule has 1 fully saturated rings. The zero-order valence-corrected chi connectivity index (χ0v) is 9.77. The highest BCUT2D eigenvalue weighted by Crippen LogP contribution is 2.30. The Balaban J connectivity index is 2.12. The Hall–Kier alpha value is -1.19. The van der Waals surface area contributed by atoms with E-state index in [1.54, 1.807) is 0 Å². The van der Waals surface area contributed by atoms with Crippen LogP contribution in [0.5, 0.6) is 0 Å². The molecule has 0 aromatic heterocycles. The number of hydrogen-bond acceptors (Lipinski definition) is 1. The standard InChI is InChI=1S/C13H16F3N/c1-8(9-4-2-3-5-9)17-12-7-10(14)6-11(15)13(12)16/h6-9,17H,2-5H2,1H3. The molecule has 0 heterocycles. The van der Waals surface area contributed by atoms with Gasteiger partial charge in [-0.05, 0) is 25.7 Å². The van der Waals surface area contributed by atoms with Gasteiger partial charge in [0.2, 0.25) is 0 Å². The molecule has 1 aliphatic carbocycles. The van der Waals surface area contributed by atoms with Gasteiger partial charge in [0.05, 0.1) is 5.69 Å². The first kappa shape index (κ1) is 12.3. The highest BCUT2D eigenvalue weighted by atomic mass is 19.2. The van der Waals surface area contributed by atoms with Gasteiger partial charge in [-0.2, -0.15) is 0 Å². The lowest BCUT2D eigenvalue weighted by molar-refractivity contribution is 0.469. The molecule has 2 rings (SSSR count). The molecule has 1 aromatic carbocycles. The monoisotopic (exact) mass is 243 g/mol. The van der Waals surface area contributed by atoms with Gasteiger partial charge in [0.25, 0.3) is 0 Å². The third kappa shape index (κ3) is 2.73. The summed E-state index contributed by atoms with van der Waals surface area (Å²) in [6.07, 6.45) is 4.54. The molecule has 1 aromatic rings. The van der Waals surface area contributed by atoms with Crippen LogP contribution in [0.25, 0.3) is 0 Å². The Morgan fingerprint density at radius 3 is 2.47 bits per heavy atom. The van der Waals surface area contributed by atoms with Gasteiger partial charge >= 0.3 is 0 Å². The highest BCUT2D eigenvalue weighted by Gasteiger charge is 2.22. The Labute approximate surface area is 99.0 Å². The maximum absolute atomic E-state index is 13.4. The molecule has 0 amide bonds. The van der Waals surface area contributed by atoms with Crippen LogP contribution >= 0.6 is 0 Å². The minimum atomic E-state index is -1.15. The van der Waals surface area contributed by atoms with Crippen LogP contribution in [-0.2, 0) is 0 Å². The first-order valence-electron chi connectivity index (χ1n) is 5.99. The van der Waals surface area contributed by atoms with Crippen molar-refractivity contribution >= 4 is 5.69 Å². The van der Waals surface area contributed by atoms with Crippen molar-refractivity contribution in [2.45, 2.75) is 38.6 Å². The van der Waals surface area contributed by atoms with Crippen LogP contribution in [0.1, 0.15) is 32.6 Å². The van der Waals surface area contributed by atoms with Crippen molar-refractivity contribution in [3.8, 4) is 0 Å². The summed E-state index contributed by atoms with van der Waals surface area (Å²) < 4.78 is 39.4. The third-order valence-corrected chi connectivity index (χ3v) is 3.48. The van der Waals surface area contributed by atoms with Gasteiger partial charge in [-0.3, -0.25) is 0 Å². The van der Waals surface area contributed by atoms with E-state index in [1.165, 1.54) is 12.8 Å². The van der Waals surface area contributed by atoms with E-state index in [0.29, 0.717) is 12.0 Å². The molecule has 1 aliphatic rings. The van der Waals surface area contributed by atoms with Crippen molar-refractivity contribution in [1.29, 1.82) is 0 Å². The van der Waals surface area contributed by atoms with Crippen molar-refractivity contribution in [1.82, 2.24) is 0 Å². The fourth-order valence-corrected chi connectivity index (χ4v) is 2.48. The zero-order chi connectivity index (χ0) is 12.4. The SMILES string of the molecule is CC(Nc1cc(F)cc(F)c1F)C1CCCC1. The zero-order valence-electron chi connectivity index (χ0n) is 9.77. The largest absolute Gasteiger partial charge is 0.380 e. The number of nitrogens with one attached hydrogen (secondary N) is 1. The lowest BCUT2D eigenvalue weighted by Crippen LogP contribution is -2.24. The minimum Gasteiger partial charge on any atom is -0.380 e. The normalized spacial score (nSPS) is 18.4. The lowest BCUT2D eigenvalue weighted by atomic mass is 9.99. The molecule has 0 bridgehead atoms. The summed E-state index contributed by atoms with van der Waals surface area (Å²) in [6.45, 7) is 1.93. The predicted molar refractivity (Wildman–Crippen MR) is 61.4 cm³/mol. The minimum absolute atomic E-state index is 0.0354. The molecule has 0 radical (unpaired) electrons. The Bertz CT molecular complexity index is 400. The van der Waals surface area contributed by atoms with E-state index in [9.17, 15) is 13.2 Å². The molecule has 1 N–H and O–H groups in total. The van der Waals surface area contributed by atoms with Crippen molar-refractivity contribution < 1.29 is 13.2 Å². The van der Waals surface area contributed by atoms with Crippen LogP contribution in [0.2, 0.25) is 0 Å². The molecule has 1 saturated carbocycles. The molecule has 0 saturated heterocycles. The first-order chi connectivity index (χ1) is 8.08. The summed E-state index contributed by atoms with van der Waals surface area (Å²) in [5.41, 5.74) is -0.0816. The summed E-state index contributed by atoms with van der Waals surface area (Å²) in [7, 11) is 0. The Morgan fingerprint density at radius 2 is 1.82 bits per heavy atom. The highest BCUT2D eigenvalue weighted by molar-refractivity contribution is 5.46. The van der Waals surface area contributed by atoms with Gasteiger partial charge in [-0.1, -0.05) is 12.8 Å². The van der Waals surface area contributed by atoms with E-state index in [0.717, 1.165) is 18.9 Å². The fraction of sp³-hybridized carbons (Fsp3) is 0.538. The van der Waals surface area contributed by atoms with Crippen molar-refractivity contribution in [3.63, 3.8) is 0 Å². The Morgan fingerprint density at radius 1 is 1.18 bits per heavy atom. The van der Waals surface area contributed by atoms with E-state index >= 15 is 0 Å². The summed E-state index contributed by atoms with van der Waals surface area (Å²) in [5.74, 6) is -2.45. The topological polar surface area (TPSA) is 12.0 Å². The number of benzene rings is 1. The molecular formula is C13H16F3N. The second-order valence-electron chi connectivity index (χ2n) is 4.73. The number of anilines is 1. The number of rotatable bonds is 3. The molecule has 1 unspecified atom stereocenters. The van der Waals surface area contributed by atoms with E-state index < -0.39 is 17.5 Å². The van der Waals surface area contributed by atoms with Crippen molar-refractivity contribution in [3.05, 3.63) is 29.6 Å². The number of halogens is 3. The lowest BCUT2D eigenvalue weighted by Gasteiger charge is -2.22. The maximum atomic E-state index is 13.4. The average molecular weight is 243 g/mol. The van der Waals surface area contributed by atoms with Crippen molar-refractivity contribution in [2.75, 3.05) is 5.32 Å². The maximum Gasteiger partial charge on any atom is 0.182 e. The molecule has 1 nitrogen and oxygen atoms in total. The van der Waals surface area contributed by atoms with E-state index in [2.05, 4.69) is 5.32 Å². The molecule has 94 valence electrons. The van der Waals surface area contributed by atoms with Gasteiger partial charge in [-0.15, -0.1) is 0 Å². The quantitative estimate of drug-likeness (QED) is 0.788.